The molecule has 1 fully saturated rings. The fourth-order valence-corrected chi connectivity index (χ4v) is 5.21. The lowest BCUT2D eigenvalue weighted by molar-refractivity contribution is -0.149. The third-order valence-corrected chi connectivity index (χ3v) is 7.50. The van der Waals surface area contributed by atoms with Crippen LogP contribution < -0.4 is 16.0 Å². The molecule has 37 heavy (non-hydrogen) atoms. The Hall–Kier alpha value is -2.16. The molecular formula is C29H41N3O3S2. The van der Waals surface area contributed by atoms with Crippen LogP contribution in [0.5, 0.6) is 0 Å². The summed E-state index contributed by atoms with van der Waals surface area (Å²) in [4.78, 5) is 26.3. The van der Waals surface area contributed by atoms with E-state index in [1.54, 1.807) is 11.8 Å². The Morgan fingerprint density at radius 1 is 1.16 bits per heavy atom. The lowest BCUT2D eigenvalue weighted by Crippen LogP contribution is -2.43. The Morgan fingerprint density at radius 2 is 1.92 bits per heavy atom. The molecule has 0 aliphatic carbocycles. The number of amides is 1. The van der Waals surface area contributed by atoms with E-state index in [-0.39, 0.29) is 18.0 Å². The van der Waals surface area contributed by atoms with Gasteiger partial charge in [-0.05, 0) is 81.7 Å². The maximum Gasteiger partial charge on any atom is 0.328 e. The standard InChI is InChI=1S/C29H41N3O3S2/c1-19(2)35-29(34)27(13-14-37-4)32-28(33)26-16-23(30-17-24-15-25(36)18-31-24)12-11-22(26)10-9-21-7-5-20(3)6-8-21/h5-8,11-12,16,19,24-25,27,30-31,36H,9-10,13-15,17-18H2,1-4H3,(H,32,33)/t24-,25-,27-/m0/s1. The third-order valence-electron chi connectivity index (χ3n) is 6.46. The molecule has 1 amide bonds. The molecule has 2 aromatic rings. The van der Waals surface area contributed by atoms with E-state index in [9.17, 15) is 9.59 Å². The summed E-state index contributed by atoms with van der Waals surface area (Å²) in [5.41, 5.74) is 4.89. The monoisotopic (exact) mass is 543 g/mol. The van der Waals surface area contributed by atoms with Crippen LogP contribution in [-0.2, 0) is 22.4 Å². The molecule has 8 heteroatoms. The molecule has 0 saturated carbocycles. The van der Waals surface area contributed by atoms with E-state index in [0.717, 1.165) is 49.4 Å². The second-order valence-corrected chi connectivity index (χ2v) is 11.7. The van der Waals surface area contributed by atoms with Crippen molar-refractivity contribution in [2.75, 3.05) is 30.4 Å². The van der Waals surface area contributed by atoms with Crippen LogP contribution >= 0.6 is 24.4 Å². The van der Waals surface area contributed by atoms with E-state index in [0.29, 0.717) is 23.3 Å². The summed E-state index contributed by atoms with van der Waals surface area (Å²) in [6.45, 7) is 7.38. The van der Waals surface area contributed by atoms with Crippen molar-refractivity contribution in [3.63, 3.8) is 0 Å². The number of carbonyl (C=O) groups is 2. The van der Waals surface area contributed by atoms with E-state index in [1.807, 2.05) is 38.3 Å². The van der Waals surface area contributed by atoms with Gasteiger partial charge in [0, 0.05) is 35.6 Å². The van der Waals surface area contributed by atoms with E-state index in [2.05, 4.69) is 59.8 Å². The Morgan fingerprint density at radius 3 is 2.57 bits per heavy atom. The van der Waals surface area contributed by atoms with Gasteiger partial charge in [0.1, 0.15) is 6.04 Å². The van der Waals surface area contributed by atoms with Gasteiger partial charge in [-0.1, -0.05) is 35.9 Å². The predicted molar refractivity (Wildman–Crippen MR) is 158 cm³/mol. The Bertz CT molecular complexity index is 1030. The van der Waals surface area contributed by atoms with Crippen LogP contribution in [0.3, 0.4) is 0 Å². The van der Waals surface area contributed by atoms with Crippen molar-refractivity contribution < 1.29 is 14.3 Å². The van der Waals surface area contributed by atoms with Gasteiger partial charge in [0.15, 0.2) is 0 Å². The molecule has 3 atom stereocenters. The number of nitrogens with one attached hydrogen (secondary N) is 3. The topological polar surface area (TPSA) is 79.5 Å². The molecule has 1 aliphatic heterocycles. The maximum atomic E-state index is 13.6. The van der Waals surface area contributed by atoms with Crippen LogP contribution in [0.4, 0.5) is 5.69 Å². The number of anilines is 1. The second kappa shape index (κ2) is 14.7. The van der Waals surface area contributed by atoms with Gasteiger partial charge >= 0.3 is 5.97 Å². The summed E-state index contributed by atoms with van der Waals surface area (Å²) in [6, 6.07) is 14.1. The number of hydrogen-bond acceptors (Lipinski definition) is 7. The number of thiol groups is 1. The quantitative estimate of drug-likeness (QED) is 0.218. The molecule has 6 nitrogen and oxygen atoms in total. The smallest absolute Gasteiger partial charge is 0.328 e. The minimum atomic E-state index is -0.682. The summed E-state index contributed by atoms with van der Waals surface area (Å²) < 4.78 is 5.43. The summed E-state index contributed by atoms with van der Waals surface area (Å²) in [7, 11) is 0. The van der Waals surface area contributed by atoms with Crippen molar-refractivity contribution in [2.24, 2.45) is 0 Å². The molecule has 3 rings (SSSR count). The fourth-order valence-electron chi connectivity index (χ4n) is 4.38. The van der Waals surface area contributed by atoms with E-state index in [4.69, 9.17) is 4.74 Å². The zero-order chi connectivity index (χ0) is 26.8. The largest absolute Gasteiger partial charge is 0.461 e. The lowest BCUT2D eigenvalue weighted by atomic mass is 9.97. The number of aryl methyl sites for hydroxylation is 3. The number of thioether (sulfide) groups is 1. The zero-order valence-corrected chi connectivity index (χ0v) is 24.1. The molecule has 0 aromatic heterocycles. The molecule has 2 aromatic carbocycles. The number of esters is 1. The van der Waals surface area contributed by atoms with Crippen molar-refractivity contribution in [1.82, 2.24) is 10.6 Å². The minimum Gasteiger partial charge on any atom is -0.461 e. The molecule has 0 spiro atoms. The number of hydrogen-bond donors (Lipinski definition) is 4. The van der Waals surface area contributed by atoms with Crippen molar-refractivity contribution in [2.45, 2.75) is 69.9 Å². The van der Waals surface area contributed by atoms with Gasteiger partial charge in [0.2, 0.25) is 0 Å². The molecule has 1 saturated heterocycles. The summed E-state index contributed by atoms with van der Waals surface area (Å²) in [5.74, 6) is 0.117. The Kier molecular flexibility index (Phi) is 11.7. The first-order valence-electron chi connectivity index (χ1n) is 13.1. The van der Waals surface area contributed by atoms with Gasteiger partial charge in [0.25, 0.3) is 5.91 Å². The first-order chi connectivity index (χ1) is 17.7. The van der Waals surface area contributed by atoms with Crippen molar-refractivity contribution >= 4 is 42.0 Å². The fraction of sp³-hybridized carbons (Fsp3) is 0.517. The summed E-state index contributed by atoms with van der Waals surface area (Å²) in [6.07, 6.45) is 4.83. The highest BCUT2D eigenvalue weighted by Gasteiger charge is 2.25. The number of rotatable bonds is 13. The van der Waals surface area contributed by atoms with E-state index in [1.165, 1.54) is 11.1 Å². The maximum absolute atomic E-state index is 13.6. The van der Waals surface area contributed by atoms with Crippen LogP contribution in [0.2, 0.25) is 0 Å². The van der Waals surface area contributed by atoms with Gasteiger partial charge in [-0.2, -0.15) is 24.4 Å². The molecular weight excluding hydrogens is 502 g/mol. The Labute approximate surface area is 231 Å². The highest BCUT2D eigenvalue weighted by atomic mass is 32.2. The zero-order valence-electron chi connectivity index (χ0n) is 22.4. The van der Waals surface area contributed by atoms with Crippen LogP contribution in [0.15, 0.2) is 42.5 Å². The number of carbonyl (C=O) groups excluding carboxylic acids is 2. The highest BCUT2D eigenvalue weighted by molar-refractivity contribution is 7.98. The van der Waals surface area contributed by atoms with Crippen molar-refractivity contribution in [3.8, 4) is 0 Å². The number of benzene rings is 2. The summed E-state index contributed by atoms with van der Waals surface area (Å²) in [5, 5.41) is 10.3. The molecule has 0 radical (unpaired) electrons. The average molecular weight is 544 g/mol. The molecule has 0 bridgehead atoms. The SMILES string of the molecule is CSCC[C@H](NC(=O)c1cc(NC[C@@H]2C[C@H](S)CN2)ccc1CCc1ccc(C)cc1)C(=O)OC(C)C. The van der Waals surface area contributed by atoms with Gasteiger partial charge in [-0.15, -0.1) is 0 Å². The predicted octanol–water partition coefficient (Wildman–Crippen LogP) is 4.66. The van der Waals surface area contributed by atoms with Gasteiger partial charge in [0.05, 0.1) is 6.10 Å². The normalized spacial score (nSPS) is 18.0. The van der Waals surface area contributed by atoms with Crippen LogP contribution in [0.1, 0.15) is 53.7 Å². The summed E-state index contributed by atoms with van der Waals surface area (Å²) >= 11 is 6.20. The first-order valence-corrected chi connectivity index (χ1v) is 15.0. The lowest BCUT2D eigenvalue weighted by Gasteiger charge is -2.20. The van der Waals surface area contributed by atoms with E-state index >= 15 is 0 Å². The van der Waals surface area contributed by atoms with Crippen molar-refractivity contribution in [3.05, 3.63) is 64.7 Å². The minimum absolute atomic E-state index is 0.236. The number of ether oxygens (including phenoxy) is 1. The molecule has 202 valence electrons. The van der Waals surface area contributed by atoms with Gasteiger partial charge in [-0.25, -0.2) is 4.79 Å². The van der Waals surface area contributed by atoms with Crippen LogP contribution in [0, 0.1) is 6.92 Å². The molecule has 1 heterocycles. The Balaban J connectivity index is 1.78. The van der Waals surface area contributed by atoms with E-state index < -0.39 is 6.04 Å². The van der Waals surface area contributed by atoms with Crippen LogP contribution in [-0.4, -0.2) is 60.4 Å². The van der Waals surface area contributed by atoms with Gasteiger partial charge < -0.3 is 20.7 Å². The average Bonchev–Trinajstić information content (AvgIpc) is 3.29. The molecule has 0 unspecified atom stereocenters. The first kappa shape index (κ1) is 29.4. The highest BCUT2D eigenvalue weighted by Crippen LogP contribution is 2.21. The van der Waals surface area contributed by atoms with Crippen molar-refractivity contribution in [1.29, 1.82) is 0 Å². The molecule has 3 N–H and O–H groups in total. The van der Waals surface area contributed by atoms with Crippen LogP contribution in [0.25, 0.3) is 0 Å². The molecule has 1 aliphatic rings. The van der Waals surface area contributed by atoms with Gasteiger partial charge in [-0.3, -0.25) is 4.79 Å². The third kappa shape index (κ3) is 9.58. The second-order valence-electron chi connectivity index (χ2n) is 10.0.